The van der Waals surface area contributed by atoms with Crippen LogP contribution in [0.25, 0.3) is 0 Å². The van der Waals surface area contributed by atoms with Crippen LogP contribution in [0.5, 0.6) is 0 Å². The molecule has 1 saturated carbocycles. The number of anilines is 1. The van der Waals surface area contributed by atoms with Crippen LogP contribution in [0.2, 0.25) is 5.02 Å². The Morgan fingerprint density at radius 1 is 1.32 bits per heavy atom. The fourth-order valence-corrected chi connectivity index (χ4v) is 3.67. The fraction of sp³-hybridized carbons (Fsp3) is 0.500. The van der Waals surface area contributed by atoms with Gasteiger partial charge in [0.25, 0.3) is 5.91 Å². The maximum absolute atomic E-state index is 12.5. The molecule has 2 fully saturated rings. The van der Waals surface area contributed by atoms with Gasteiger partial charge >= 0.3 is 6.03 Å². The Balaban J connectivity index is 1.49. The van der Waals surface area contributed by atoms with Crippen molar-refractivity contribution in [3.05, 3.63) is 28.8 Å². The molecule has 0 unspecified atom stereocenters. The number of nitrogens with zero attached hydrogens (tertiary/aromatic N) is 1. The van der Waals surface area contributed by atoms with Crippen LogP contribution in [-0.2, 0) is 9.59 Å². The van der Waals surface area contributed by atoms with Crippen LogP contribution in [0.15, 0.2) is 18.2 Å². The average molecular weight is 364 g/mol. The molecule has 134 valence electrons. The second kappa shape index (κ2) is 7.04. The van der Waals surface area contributed by atoms with Gasteiger partial charge in [0.1, 0.15) is 5.54 Å². The van der Waals surface area contributed by atoms with Gasteiger partial charge in [-0.3, -0.25) is 14.5 Å². The van der Waals surface area contributed by atoms with Crippen LogP contribution >= 0.6 is 11.6 Å². The molecule has 3 rings (SSSR count). The highest BCUT2D eigenvalue weighted by molar-refractivity contribution is 6.31. The van der Waals surface area contributed by atoms with E-state index in [9.17, 15) is 14.4 Å². The first-order valence-electron chi connectivity index (χ1n) is 8.61. The zero-order valence-electron chi connectivity index (χ0n) is 14.2. The highest BCUT2D eigenvalue weighted by Gasteiger charge is 2.51. The molecule has 1 saturated heterocycles. The molecule has 1 aliphatic carbocycles. The zero-order valence-corrected chi connectivity index (χ0v) is 15.0. The molecular formula is C18H22ClN3O3. The molecule has 0 radical (unpaired) electrons. The molecule has 4 amide bonds. The maximum Gasteiger partial charge on any atom is 0.325 e. The van der Waals surface area contributed by atoms with E-state index in [1.807, 2.05) is 13.0 Å². The standard InChI is InChI=1S/C18H22ClN3O3/c1-12-6-7-13(11-14(12)19)20-15(23)5-4-10-22-16(24)18(21-17(22)25)8-2-3-9-18/h6-7,11H,2-5,8-10H2,1H3,(H,20,23)(H,21,25). The van der Waals surface area contributed by atoms with Gasteiger partial charge in [-0.15, -0.1) is 0 Å². The Hall–Kier alpha value is -2.08. The molecule has 6 nitrogen and oxygen atoms in total. The van der Waals surface area contributed by atoms with Crippen molar-refractivity contribution in [2.24, 2.45) is 0 Å². The summed E-state index contributed by atoms with van der Waals surface area (Å²) in [5, 5.41) is 6.22. The van der Waals surface area contributed by atoms with E-state index in [0.717, 1.165) is 18.4 Å². The van der Waals surface area contributed by atoms with E-state index in [-0.39, 0.29) is 30.8 Å². The van der Waals surface area contributed by atoms with Gasteiger partial charge in [0.05, 0.1) is 0 Å². The first-order valence-corrected chi connectivity index (χ1v) is 8.99. The van der Waals surface area contributed by atoms with E-state index < -0.39 is 5.54 Å². The van der Waals surface area contributed by atoms with Crippen molar-refractivity contribution >= 4 is 35.1 Å². The van der Waals surface area contributed by atoms with Crippen LogP contribution in [0.1, 0.15) is 44.1 Å². The van der Waals surface area contributed by atoms with Crippen LogP contribution in [0, 0.1) is 6.92 Å². The van der Waals surface area contributed by atoms with E-state index in [2.05, 4.69) is 10.6 Å². The van der Waals surface area contributed by atoms with Crippen LogP contribution in [-0.4, -0.2) is 34.8 Å². The number of hydrogen-bond donors (Lipinski definition) is 2. The molecular weight excluding hydrogens is 342 g/mol. The number of nitrogens with one attached hydrogen (secondary N) is 2. The van der Waals surface area contributed by atoms with E-state index >= 15 is 0 Å². The SMILES string of the molecule is Cc1ccc(NC(=O)CCCN2C(=O)NC3(CCCC3)C2=O)cc1Cl. The number of aryl methyl sites for hydroxylation is 1. The summed E-state index contributed by atoms with van der Waals surface area (Å²) in [5.74, 6) is -0.303. The van der Waals surface area contributed by atoms with Crippen molar-refractivity contribution < 1.29 is 14.4 Å². The number of urea groups is 1. The number of halogens is 1. The van der Waals surface area contributed by atoms with Crippen LogP contribution < -0.4 is 10.6 Å². The van der Waals surface area contributed by atoms with Crippen molar-refractivity contribution in [3.8, 4) is 0 Å². The molecule has 2 aliphatic rings. The van der Waals surface area contributed by atoms with Crippen molar-refractivity contribution in [1.29, 1.82) is 0 Å². The van der Waals surface area contributed by atoms with Gasteiger partial charge < -0.3 is 10.6 Å². The average Bonchev–Trinajstić information content (AvgIpc) is 3.12. The smallest absolute Gasteiger partial charge is 0.325 e. The minimum Gasteiger partial charge on any atom is -0.326 e. The van der Waals surface area contributed by atoms with E-state index in [0.29, 0.717) is 30.0 Å². The molecule has 0 atom stereocenters. The first kappa shape index (κ1) is 17.7. The molecule has 1 heterocycles. The Morgan fingerprint density at radius 3 is 2.72 bits per heavy atom. The number of carbonyl (C=O) groups is 3. The minimum absolute atomic E-state index is 0.138. The molecule has 0 bridgehead atoms. The summed E-state index contributed by atoms with van der Waals surface area (Å²) in [6, 6.07) is 5.00. The summed E-state index contributed by atoms with van der Waals surface area (Å²) >= 11 is 6.04. The second-order valence-electron chi connectivity index (χ2n) is 6.79. The molecule has 7 heteroatoms. The minimum atomic E-state index is -0.683. The number of amides is 4. The van der Waals surface area contributed by atoms with Crippen LogP contribution in [0.4, 0.5) is 10.5 Å². The quantitative estimate of drug-likeness (QED) is 0.788. The third-order valence-electron chi connectivity index (χ3n) is 4.94. The third kappa shape index (κ3) is 3.63. The van der Waals surface area contributed by atoms with Crippen molar-refractivity contribution in [2.75, 3.05) is 11.9 Å². The lowest BCUT2D eigenvalue weighted by Gasteiger charge is -2.19. The van der Waals surface area contributed by atoms with E-state index in [4.69, 9.17) is 11.6 Å². The van der Waals surface area contributed by atoms with Gasteiger partial charge in [0, 0.05) is 23.7 Å². The number of benzene rings is 1. The summed E-state index contributed by atoms with van der Waals surface area (Å²) in [6.45, 7) is 2.15. The second-order valence-corrected chi connectivity index (χ2v) is 7.20. The maximum atomic E-state index is 12.5. The lowest BCUT2D eigenvalue weighted by atomic mass is 9.98. The van der Waals surface area contributed by atoms with Crippen molar-refractivity contribution in [1.82, 2.24) is 10.2 Å². The van der Waals surface area contributed by atoms with Crippen LogP contribution in [0.3, 0.4) is 0 Å². The lowest BCUT2D eigenvalue weighted by Crippen LogP contribution is -2.44. The summed E-state index contributed by atoms with van der Waals surface area (Å²) < 4.78 is 0. The van der Waals surface area contributed by atoms with Gasteiger partial charge in [-0.25, -0.2) is 4.79 Å². The van der Waals surface area contributed by atoms with Gasteiger partial charge in [0.15, 0.2) is 0 Å². The lowest BCUT2D eigenvalue weighted by molar-refractivity contribution is -0.131. The molecule has 0 aromatic heterocycles. The Morgan fingerprint density at radius 2 is 2.04 bits per heavy atom. The molecule has 2 N–H and O–H groups in total. The predicted octanol–water partition coefficient (Wildman–Crippen LogP) is 3.23. The van der Waals surface area contributed by atoms with Gasteiger partial charge in [-0.2, -0.15) is 0 Å². The largest absolute Gasteiger partial charge is 0.326 e. The van der Waals surface area contributed by atoms with E-state index in [1.165, 1.54) is 4.90 Å². The zero-order chi connectivity index (χ0) is 18.0. The van der Waals surface area contributed by atoms with Crippen molar-refractivity contribution in [3.63, 3.8) is 0 Å². The van der Waals surface area contributed by atoms with Crippen molar-refractivity contribution in [2.45, 2.75) is 51.0 Å². The molecule has 1 aromatic rings. The first-order chi connectivity index (χ1) is 11.9. The Kier molecular flexibility index (Phi) is 4.99. The van der Waals surface area contributed by atoms with E-state index in [1.54, 1.807) is 12.1 Å². The Labute approximate surface area is 151 Å². The topological polar surface area (TPSA) is 78.5 Å². The summed E-state index contributed by atoms with van der Waals surface area (Å²) in [4.78, 5) is 37.9. The highest BCUT2D eigenvalue weighted by atomic mass is 35.5. The number of carbonyl (C=O) groups excluding carboxylic acids is 3. The highest BCUT2D eigenvalue weighted by Crippen LogP contribution is 2.35. The molecule has 1 spiro atoms. The number of hydrogen-bond acceptors (Lipinski definition) is 3. The predicted molar refractivity (Wildman–Crippen MR) is 95.5 cm³/mol. The molecule has 25 heavy (non-hydrogen) atoms. The molecule has 1 aliphatic heterocycles. The summed E-state index contributed by atoms with van der Waals surface area (Å²) in [6.07, 6.45) is 4.00. The summed E-state index contributed by atoms with van der Waals surface area (Å²) in [7, 11) is 0. The normalized spacial score (nSPS) is 18.7. The number of imide groups is 1. The van der Waals surface area contributed by atoms with Gasteiger partial charge in [-0.1, -0.05) is 30.5 Å². The number of rotatable bonds is 5. The fourth-order valence-electron chi connectivity index (χ4n) is 3.49. The monoisotopic (exact) mass is 363 g/mol. The van der Waals surface area contributed by atoms with Gasteiger partial charge in [0.2, 0.25) is 5.91 Å². The third-order valence-corrected chi connectivity index (χ3v) is 5.35. The summed E-state index contributed by atoms with van der Waals surface area (Å²) in [5.41, 5.74) is 0.900. The Bertz CT molecular complexity index is 714. The van der Waals surface area contributed by atoms with Gasteiger partial charge in [-0.05, 0) is 43.9 Å². The molecule has 1 aromatic carbocycles.